The number of halogens is 1. The molecule has 1 rings (SSSR count). The Morgan fingerprint density at radius 1 is 1.54 bits per heavy atom. The Hall–Kier alpha value is -0.850. The Labute approximate surface area is 81.3 Å². The first-order valence-electron chi connectivity index (χ1n) is 3.37. The number of rotatable bonds is 3. The fourth-order valence-electron chi connectivity index (χ4n) is 0.639. The van der Waals surface area contributed by atoms with E-state index in [1.807, 2.05) is 0 Å². The van der Waals surface area contributed by atoms with Crippen LogP contribution in [0.1, 0.15) is 0 Å². The van der Waals surface area contributed by atoms with E-state index in [2.05, 4.69) is 14.4 Å². The van der Waals surface area contributed by atoms with Crippen LogP contribution in [-0.4, -0.2) is 20.4 Å². The molecule has 13 heavy (non-hydrogen) atoms. The third-order valence-corrected chi connectivity index (χ3v) is 2.56. The molecule has 0 saturated heterocycles. The standard InChI is InChI=1S/C6H8ClN3O2S/c1-8-13(11,12)10-6-5(7)3-2-4-9-6/h2-4,8H,1H3,(H,9,10). The van der Waals surface area contributed by atoms with E-state index in [-0.39, 0.29) is 10.8 Å². The molecule has 0 amide bonds. The maximum atomic E-state index is 11.0. The Bertz CT molecular complexity index is 393. The van der Waals surface area contributed by atoms with Crippen LogP contribution in [0.3, 0.4) is 0 Å². The van der Waals surface area contributed by atoms with E-state index in [0.29, 0.717) is 0 Å². The van der Waals surface area contributed by atoms with E-state index in [1.165, 1.54) is 13.2 Å². The van der Waals surface area contributed by atoms with Crippen molar-refractivity contribution in [1.29, 1.82) is 0 Å². The lowest BCUT2D eigenvalue weighted by Crippen LogP contribution is -2.26. The summed E-state index contributed by atoms with van der Waals surface area (Å²) in [6.07, 6.45) is 1.44. The zero-order valence-electron chi connectivity index (χ0n) is 6.78. The lowest BCUT2D eigenvalue weighted by molar-refractivity contribution is 0.593. The summed E-state index contributed by atoms with van der Waals surface area (Å²) in [6, 6.07) is 3.15. The molecular weight excluding hydrogens is 214 g/mol. The molecule has 0 unspecified atom stereocenters. The normalized spacial score (nSPS) is 11.2. The van der Waals surface area contributed by atoms with Gasteiger partial charge in [0.2, 0.25) is 0 Å². The minimum absolute atomic E-state index is 0.110. The van der Waals surface area contributed by atoms with Gasteiger partial charge in [0.15, 0.2) is 5.82 Å². The van der Waals surface area contributed by atoms with Gasteiger partial charge in [-0.3, -0.25) is 4.72 Å². The smallest absolute Gasteiger partial charge is 0.253 e. The topological polar surface area (TPSA) is 71.1 Å². The third kappa shape index (κ3) is 2.83. The summed E-state index contributed by atoms with van der Waals surface area (Å²) in [5.41, 5.74) is 0. The maximum Gasteiger partial charge on any atom is 0.300 e. The van der Waals surface area contributed by atoms with E-state index in [4.69, 9.17) is 11.6 Å². The van der Waals surface area contributed by atoms with Gasteiger partial charge in [-0.2, -0.15) is 8.42 Å². The molecule has 1 aromatic rings. The van der Waals surface area contributed by atoms with Crippen LogP contribution in [0.25, 0.3) is 0 Å². The van der Waals surface area contributed by atoms with Crippen molar-refractivity contribution in [2.24, 2.45) is 0 Å². The Balaban J connectivity index is 2.93. The van der Waals surface area contributed by atoms with Gasteiger partial charge in [0.25, 0.3) is 10.2 Å². The molecule has 0 aliphatic heterocycles. The van der Waals surface area contributed by atoms with Crippen molar-refractivity contribution < 1.29 is 8.42 Å². The maximum absolute atomic E-state index is 11.0. The average molecular weight is 222 g/mol. The predicted octanol–water partition coefficient (Wildman–Crippen LogP) is 0.611. The number of nitrogens with zero attached hydrogens (tertiary/aromatic N) is 1. The molecule has 2 N–H and O–H groups in total. The molecule has 72 valence electrons. The molecule has 0 saturated carbocycles. The van der Waals surface area contributed by atoms with E-state index in [9.17, 15) is 8.42 Å². The molecule has 1 aromatic heterocycles. The Morgan fingerprint density at radius 2 is 2.23 bits per heavy atom. The highest BCUT2D eigenvalue weighted by atomic mass is 35.5. The molecule has 0 aromatic carbocycles. The van der Waals surface area contributed by atoms with Crippen LogP contribution in [0.15, 0.2) is 18.3 Å². The van der Waals surface area contributed by atoms with E-state index >= 15 is 0 Å². The number of anilines is 1. The first kappa shape index (κ1) is 10.2. The van der Waals surface area contributed by atoms with E-state index in [0.717, 1.165) is 0 Å². The predicted molar refractivity (Wildman–Crippen MR) is 50.8 cm³/mol. The van der Waals surface area contributed by atoms with Gasteiger partial charge in [-0.15, -0.1) is 0 Å². The van der Waals surface area contributed by atoms with Crippen LogP contribution < -0.4 is 9.44 Å². The largest absolute Gasteiger partial charge is 0.300 e. The molecule has 0 bridgehead atoms. The van der Waals surface area contributed by atoms with Crippen molar-refractivity contribution in [2.45, 2.75) is 0 Å². The highest BCUT2D eigenvalue weighted by Crippen LogP contribution is 2.17. The first-order chi connectivity index (χ1) is 6.05. The third-order valence-electron chi connectivity index (χ3n) is 1.26. The number of pyridine rings is 1. The van der Waals surface area contributed by atoms with Gasteiger partial charge >= 0.3 is 0 Å². The zero-order chi connectivity index (χ0) is 9.90. The SMILES string of the molecule is CNS(=O)(=O)Nc1ncccc1Cl. The van der Waals surface area contributed by atoms with Crippen LogP contribution >= 0.6 is 11.6 Å². The minimum atomic E-state index is -3.54. The molecule has 0 aliphatic rings. The zero-order valence-corrected chi connectivity index (χ0v) is 8.35. The quantitative estimate of drug-likeness (QED) is 0.786. The molecular formula is C6H8ClN3O2S. The van der Waals surface area contributed by atoms with Gasteiger partial charge in [-0.25, -0.2) is 9.71 Å². The minimum Gasteiger partial charge on any atom is -0.253 e. The Morgan fingerprint density at radius 3 is 2.77 bits per heavy atom. The van der Waals surface area contributed by atoms with Crippen LogP contribution in [0.4, 0.5) is 5.82 Å². The fraction of sp³-hybridized carbons (Fsp3) is 0.167. The van der Waals surface area contributed by atoms with Crippen molar-refractivity contribution in [3.8, 4) is 0 Å². The highest BCUT2D eigenvalue weighted by molar-refractivity contribution is 7.90. The lowest BCUT2D eigenvalue weighted by atomic mass is 10.5. The van der Waals surface area contributed by atoms with Gasteiger partial charge < -0.3 is 0 Å². The van der Waals surface area contributed by atoms with Gasteiger partial charge in [-0.1, -0.05) is 11.6 Å². The van der Waals surface area contributed by atoms with Gasteiger partial charge in [0.1, 0.15) is 0 Å². The first-order valence-corrected chi connectivity index (χ1v) is 5.23. The number of hydrogen-bond donors (Lipinski definition) is 2. The van der Waals surface area contributed by atoms with Crippen molar-refractivity contribution in [3.05, 3.63) is 23.4 Å². The summed E-state index contributed by atoms with van der Waals surface area (Å²) >= 11 is 5.67. The molecule has 7 heteroatoms. The Kier molecular flexibility index (Phi) is 3.07. The molecule has 0 radical (unpaired) electrons. The van der Waals surface area contributed by atoms with Crippen molar-refractivity contribution in [3.63, 3.8) is 0 Å². The summed E-state index contributed by atoms with van der Waals surface area (Å²) in [4.78, 5) is 3.75. The fourth-order valence-corrected chi connectivity index (χ4v) is 1.38. The van der Waals surface area contributed by atoms with Crippen LogP contribution in [0, 0.1) is 0 Å². The van der Waals surface area contributed by atoms with E-state index in [1.54, 1.807) is 12.1 Å². The highest BCUT2D eigenvalue weighted by Gasteiger charge is 2.09. The molecule has 0 aliphatic carbocycles. The number of hydrogen-bond acceptors (Lipinski definition) is 3. The second kappa shape index (κ2) is 3.91. The lowest BCUT2D eigenvalue weighted by Gasteiger charge is -2.05. The van der Waals surface area contributed by atoms with Crippen LogP contribution in [-0.2, 0) is 10.2 Å². The van der Waals surface area contributed by atoms with E-state index < -0.39 is 10.2 Å². The monoisotopic (exact) mass is 221 g/mol. The molecule has 0 spiro atoms. The second-order valence-corrected chi connectivity index (χ2v) is 4.17. The van der Waals surface area contributed by atoms with Gasteiger partial charge in [0.05, 0.1) is 5.02 Å². The van der Waals surface area contributed by atoms with Gasteiger partial charge in [0, 0.05) is 13.2 Å². The second-order valence-electron chi connectivity index (χ2n) is 2.14. The van der Waals surface area contributed by atoms with Gasteiger partial charge in [-0.05, 0) is 12.1 Å². The number of aromatic nitrogens is 1. The average Bonchev–Trinajstić information content (AvgIpc) is 2.09. The van der Waals surface area contributed by atoms with Crippen molar-refractivity contribution in [2.75, 3.05) is 11.8 Å². The summed E-state index contributed by atoms with van der Waals surface area (Å²) < 4.78 is 26.2. The molecule has 0 atom stereocenters. The molecule has 1 heterocycles. The molecule has 5 nitrogen and oxygen atoms in total. The van der Waals surface area contributed by atoms with Crippen molar-refractivity contribution >= 4 is 27.6 Å². The molecule has 0 fully saturated rings. The van der Waals surface area contributed by atoms with Crippen LogP contribution in [0.5, 0.6) is 0 Å². The van der Waals surface area contributed by atoms with Crippen LogP contribution in [0.2, 0.25) is 5.02 Å². The summed E-state index contributed by atoms with van der Waals surface area (Å²) in [5, 5.41) is 0.251. The summed E-state index contributed by atoms with van der Waals surface area (Å²) in [7, 11) is -2.25. The summed E-state index contributed by atoms with van der Waals surface area (Å²) in [5.74, 6) is 0.110. The number of nitrogens with one attached hydrogen (secondary N) is 2. The van der Waals surface area contributed by atoms with Crippen molar-refractivity contribution in [1.82, 2.24) is 9.71 Å². The summed E-state index contributed by atoms with van der Waals surface area (Å²) in [6.45, 7) is 0.